The highest BCUT2D eigenvalue weighted by atomic mass is 15.2. The SMILES string of the molecule is CCCCCCc1cccc(C2=C(CCCC)C=C(c3cccc(CCCC)c3)[N+]2=[N-])c1. The van der Waals surface area contributed by atoms with Crippen molar-refractivity contribution in [3.63, 3.8) is 0 Å². The smallest absolute Gasteiger partial charge is 0.210 e. The van der Waals surface area contributed by atoms with Gasteiger partial charge in [-0.25, -0.2) is 4.70 Å². The monoisotopic (exact) mass is 428 g/mol. The molecule has 1 heterocycles. The Morgan fingerprint density at radius 2 is 1.25 bits per heavy atom. The predicted octanol–water partition coefficient (Wildman–Crippen LogP) is 9.14. The molecule has 170 valence electrons. The van der Waals surface area contributed by atoms with Crippen molar-refractivity contribution in [1.29, 1.82) is 0 Å². The molecule has 0 radical (unpaired) electrons. The molecule has 0 amide bonds. The Bertz CT molecular complexity index is 964. The lowest BCUT2D eigenvalue weighted by Crippen LogP contribution is -2.03. The summed E-state index contributed by atoms with van der Waals surface area (Å²) in [5.74, 6) is 0. The summed E-state index contributed by atoms with van der Waals surface area (Å²) in [5.41, 5.74) is 19.4. The Labute approximate surface area is 195 Å². The molecule has 1 aliphatic rings. The summed E-state index contributed by atoms with van der Waals surface area (Å²) in [7, 11) is 0. The number of benzene rings is 2. The van der Waals surface area contributed by atoms with Crippen LogP contribution < -0.4 is 0 Å². The lowest BCUT2D eigenvalue weighted by molar-refractivity contribution is -0.344. The topological polar surface area (TPSA) is 25.3 Å². The number of unbranched alkanes of at least 4 members (excludes halogenated alkanes) is 5. The minimum atomic E-state index is 0.901. The molecule has 0 aliphatic carbocycles. The molecule has 0 saturated carbocycles. The van der Waals surface area contributed by atoms with E-state index in [2.05, 4.69) is 75.4 Å². The van der Waals surface area contributed by atoms with E-state index in [1.54, 1.807) is 0 Å². The lowest BCUT2D eigenvalue weighted by atomic mass is 9.99. The van der Waals surface area contributed by atoms with Crippen molar-refractivity contribution in [2.24, 2.45) is 0 Å². The summed E-state index contributed by atoms with van der Waals surface area (Å²) in [4.78, 5) is 0. The second-order valence-corrected chi connectivity index (χ2v) is 9.13. The zero-order valence-corrected chi connectivity index (χ0v) is 20.4. The Kier molecular flexibility index (Phi) is 9.46. The van der Waals surface area contributed by atoms with Crippen LogP contribution in [-0.4, -0.2) is 4.70 Å². The van der Waals surface area contributed by atoms with Crippen molar-refractivity contribution in [1.82, 2.24) is 0 Å². The van der Waals surface area contributed by atoms with Gasteiger partial charge in [-0.1, -0.05) is 77.1 Å². The first-order valence-electron chi connectivity index (χ1n) is 12.8. The molecule has 0 spiro atoms. The van der Waals surface area contributed by atoms with Gasteiger partial charge in [0.1, 0.15) is 0 Å². The minimum Gasteiger partial charge on any atom is -0.493 e. The van der Waals surface area contributed by atoms with Gasteiger partial charge in [0.25, 0.3) is 0 Å². The molecule has 3 rings (SSSR count). The molecule has 0 aromatic heterocycles. The molecule has 0 fully saturated rings. The highest BCUT2D eigenvalue weighted by molar-refractivity contribution is 5.78. The van der Waals surface area contributed by atoms with Gasteiger partial charge in [0.2, 0.25) is 11.4 Å². The second-order valence-electron chi connectivity index (χ2n) is 9.13. The van der Waals surface area contributed by atoms with Gasteiger partial charge >= 0.3 is 0 Å². The van der Waals surface area contributed by atoms with E-state index in [1.165, 1.54) is 59.9 Å². The molecule has 1 aliphatic heterocycles. The Balaban J connectivity index is 1.86. The molecule has 0 saturated heterocycles. The molecule has 0 N–H and O–H groups in total. The van der Waals surface area contributed by atoms with E-state index in [0.29, 0.717) is 0 Å². The standard InChI is InChI=1S/C30H40N2/c1-4-7-10-11-15-25-17-13-20-27(22-25)30-28(18-9-6-3)23-29(32(30)31)26-19-12-16-24(21-26)14-8-5-2/h12-13,16-17,19-23H,4-11,14-15,18H2,1-3H3. The summed E-state index contributed by atoms with van der Waals surface area (Å²) in [6, 6.07) is 17.5. The number of rotatable bonds is 13. The van der Waals surface area contributed by atoms with Crippen molar-refractivity contribution in [2.75, 3.05) is 0 Å². The third kappa shape index (κ3) is 6.28. The molecule has 2 aromatic rings. The van der Waals surface area contributed by atoms with E-state index in [4.69, 9.17) is 0 Å². The summed E-state index contributed by atoms with van der Waals surface area (Å²) in [5, 5.41) is 0. The van der Waals surface area contributed by atoms with Crippen LogP contribution in [0.25, 0.3) is 16.9 Å². The third-order valence-corrected chi connectivity index (χ3v) is 6.42. The Hall–Kier alpha value is -2.48. The fourth-order valence-corrected chi connectivity index (χ4v) is 4.52. The van der Waals surface area contributed by atoms with Crippen molar-refractivity contribution in [3.8, 4) is 0 Å². The summed E-state index contributed by atoms with van der Waals surface area (Å²) < 4.78 is 1.44. The second kappa shape index (κ2) is 12.5. The maximum absolute atomic E-state index is 11.3. The van der Waals surface area contributed by atoms with Crippen LogP contribution in [0.5, 0.6) is 0 Å². The van der Waals surface area contributed by atoms with Crippen LogP contribution in [0.15, 0.2) is 60.2 Å². The zero-order valence-electron chi connectivity index (χ0n) is 20.4. The van der Waals surface area contributed by atoms with Gasteiger partial charge in [0.05, 0.1) is 0 Å². The minimum absolute atomic E-state index is 0.901. The van der Waals surface area contributed by atoms with Crippen molar-refractivity contribution in [2.45, 2.75) is 91.4 Å². The predicted molar refractivity (Wildman–Crippen MR) is 137 cm³/mol. The van der Waals surface area contributed by atoms with Gasteiger partial charge in [-0.3, -0.25) is 0 Å². The average Bonchev–Trinajstić information content (AvgIpc) is 3.15. The van der Waals surface area contributed by atoms with Gasteiger partial charge < -0.3 is 5.53 Å². The largest absolute Gasteiger partial charge is 0.493 e. The van der Waals surface area contributed by atoms with E-state index in [-0.39, 0.29) is 0 Å². The van der Waals surface area contributed by atoms with Crippen LogP contribution in [-0.2, 0) is 12.8 Å². The van der Waals surface area contributed by atoms with Crippen LogP contribution >= 0.6 is 0 Å². The normalized spacial score (nSPS) is 13.7. The molecule has 0 atom stereocenters. The summed E-state index contributed by atoms with van der Waals surface area (Å²) in [6.07, 6.45) is 15.2. The van der Waals surface area contributed by atoms with Crippen LogP contribution in [0, 0.1) is 0 Å². The number of allylic oxidation sites excluding steroid dienone is 2. The fourth-order valence-electron chi connectivity index (χ4n) is 4.52. The van der Waals surface area contributed by atoms with Crippen LogP contribution in [0.1, 0.15) is 101 Å². The van der Waals surface area contributed by atoms with E-state index in [0.717, 1.165) is 54.6 Å². The molecule has 0 bridgehead atoms. The number of hydrogen-bond donors (Lipinski definition) is 0. The maximum atomic E-state index is 11.3. The van der Waals surface area contributed by atoms with Gasteiger partial charge in [-0.2, -0.15) is 0 Å². The van der Waals surface area contributed by atoms with Crippen molar-refractivity contribution >= 4 is 11.4 Å². The van der Waals surface area contributed by atoms with Gasteiger partial charge in [-0.05, 0) is 73.9 Å². The van der Waals surface area contributed by atoms with E-state index < -0.39 is 0 Å². The fraction of sp³-hybridized carbons (Fsp3) is 0.467. The molecule has 2 aromatic carbocycles. The maximum Gasteiger partial charge on any atom is 0.210 e. The van der Waals surface area contributed by atoms with Crippen LogP contribution in [0.3, 0.4) is 0 Å². The van der Waals surface area contributed by atoms with E-state index in [9.17, 15) is 5.53 Å². The van der Waals surface area contributed by atoms with Crippen molar-refractivity contribution in [3.05, 3.63) is 88.0 Å². The Morgan fingerprint density at radius 3 is 1.94 bits per heavy atom. The van der Waals surface area contributed by atoms with Gasteiger partial charge in [0.15, 0.2) is 0 Å². The van der Waals surface area contributed by atoms with Crippen LogP contribution in [0.2, 0.25) is 0 Å². The molecule has 2 heteroatoms. The number of hydrogen-bond acceptors (Lipinski definition) is 0. The quantitative estimate of drug-likeness (QED) is 0.224. The Morgan fingerprint density at radius 1 is 0.656 bits per heavy atom. The van der Waals surface area contributed by atoms with Crippen molar-refractivity contribution < 1.29 is 4.70 Å². The number of aryl methyl sites for hydroxylation is 2. The third-order valence-electron chi connectivity index (χ3n) is 6.42. The first-order chi connectivity index (χ1) is 15.7. The van der Waals surface area contributed by atoms with Crippen LogP contribution in [0.4, 0.5) is 0 Å². The number of nitrogens with zero attached hydrogens (tertiary/aromatic N) is 2. The highest BCUT2D eigenvalue weighted by Gasteiger charge is 2.28. The highest BCUT2D eigenvalue weighted by Crippen LogP contribution is 2.37. The summed E-state index contributed by atoms with van der Waals surface area (Å²) >= 11 is 0. The molecule has 0 unspecified atom stereocenters. The average molecular weight is 429 g/mol. The molecule has 2 nitrogen and oxygen atoms in total. The first kappa shape index (κ1) is 24.2. The molecule has 32 heavy (non-hydrogen) atoms. The summed E-state index contributed by atoms with van der Waals surface area (Å²) in [6.45, 7) is 6.71. The molecular weight excluding hydrogens is 388 g/mol. The van der Waals surface area contributed by atoms with E-state index in [1.807, 2.05) is 0 Å². The lowest BCUT2D eigenvalue weighted by Gasteiger charge is -2.11. The first-order valence-corrected chi connectivity index (χ1v) is 12.8. The van der Waals surface area contributed by atoms with Gasteiger partial charge in [-0.15, -0.1) is 0 Å². The van der Waals surface area contributed by atoms with Gasteiger partial charge in [0, 0.05) is 22.8 Å². The zero-order chi connectivity index (χ0) is 22.8. The van der Waals surface area contributed by atoms with E-state index >= 15 is 0 Å². The molecular formula is C30H40N2.